The second-order valence-electron chi connectivity index (χ2n) is 5.82. The van der Waals surface area contributed by atoms with Crippen molar-refractivity contribution in [2.24, 2.45) is 0 Å². The summed E-state index contributed by atoms with van der Waals surface area (Å²) in [6, 6.07) is 2.72. The van der Waals surface area contributed by atoms with E-state index < -0.39 is 9.84 Å². The van der Waals surface area contributed by atoms with Crippen molar-refractivity contribution < 1.29 is 8.42 Å². The Morgan fingerprint density at radius 3 is 2.89 bits per heavy atom. The molecule has 2 aliphatic rings. The number of hydrogen-bond acceptors (Lipinski definition) is 4. The van der Waals surface area contributed by atoms with Crippen molar-refractivity contribution in [3.63, 3.8) is 0 Å². The topological polar surface area (TPSA) is 46.2 Å². The van der Waals surface area contributed by atoms with E-state index in [9.17, 15) is 8.42 Å². The number of hydrogen-bond donors (Lipinski definition) is 1. The smallest absolute Gasteiger partial charge is 0.151 e. The molecule has 1 fully saturated rings. The molecule has 3 atom stereocenters. The van der Waals surface area contributed by atoms with Crippen LogP contribution in [0.15, 0.2) is 11.4 Å². The average molecular weight is 299 g/mol. The molecule has 1 aromatic rings. The Morgan fingerprint density at radius 2 is 2.11 bits per heavy atom. The van der Waals surface area contributed by atoms with Crippen molar-refractivity contribution in [3.8, 4) is 0 Å². The summed E-state index contributed by atoms with van der Waals surface area (Å²) in [6.07, 6.45) is 7.75. The van der Waals surface area contributed by atoms with Crippen LogP contribution in [0.4, 0.5) is 0 Å². The molecule has 3 unspecified atom stereocenters. The first-order chi connectivity index (χ1) is 9.05. The Morgan fingerprint density at radius 1 is 1.26 bits per heavy atom. The molecule has 3 nitrogen and oxygen atoms in total. The second kappa shape index (κ2) is 5.19. The molecule has 1 heterocycles. The van der Waals surface area contributed by atoms with Gasteiger partial charge in [-0.3, -0.25) is 0 Å². The minimum absolute atomic E-state index is 0.144. The van der Waals surface area contributed by atoms with Gasteiger partial charge in [-0.05, 0) is 49.1 Å². The average Bonchev–Trinajstić information content (AvgIpc) is 2.95. The molecular formula is C14H21NO2S2. The van der Waals surface area contributed by atoms with Crippen LogP contribution >= 0.6 is 11.3 Å². The van der Waals surface area contributed by atoms with E-state index in [2.05, 4.69) is 16.8 Å². The van der Waals surface area contributed by atoms with Gasteiger partial charge in [0, 0.05) is 23.2 Å². The van der Waals surface area contributed by atoms with Crippen LogP contribution in [0.3, 0.4) is 0 Å². The van der Waals surface area contributed by atoms with Crippen LogP contribution < -0.4 is 5.32 Å². The largest absolute Gasteiger partial charge is 0.306 e. The van der Waals surface area contributed by atoms with E-state index in [1.54, 1.807) is 0 Å². The van der Waals surface area contributed by atoms with Crippen molar-refractivity contribution in [1.29, 1.82) is 0 Å². The normalized spacial score (nSPS) is 31.3. The number of sulfone groups is 1. The predicted octanol–water partition coefficient (Wildman–Crippen LogP) is 2.68. The number of aryl methyl sites for hydroxylation is 1. The Labute approximate surface area is 119 Å². The zero-order valence-corrected chi connectivity index (χ0v) is 12.9. The van der Waals surface area contributed by atoms with E-state index in [4.69, 9.17) is 0 Å². The van der Waals surface area contributed by atoms with Gasteiger partial charge in [-0.25, -0.2) is 8.42 Å². The fourth-order valence-electron chi connectivity index (χ4n) is 3.55. The molecule has 3 rings (SSSR count). The number of nitrogens with one attached hydrogen (secondary N) is 1. The molecule has 19 heavy (non-hydrogen) atoms. The van der Waals surface area contributed by atoms with Gasteiger partial charge in [0.2, 0.25) is 0 Å². The highest BCUT2D eigenvalue weighted by atomic mass is 32.2. The summed E-state index contributed by atoms with van der Waals surface area (Å²) >= 11 is 1.84. The standard InChI is InChI=1S/C14H21NO2S2/c1-19(16,17)14-7-3-5-12(14)15-11-4-2-6-13-10(11)8-9-18-13/h8-9,11-12,14-15H,2-7H2,1H3. The lowest BCUT2D eigenvalue weighted by molar-refractivity contribution is 0.398. The highest BCUT2D eigenvalue weighted by molar-refractivity contribution is 7.91. The Hall–Kier alpha value is -0.390. The van der Waals surface area contributed by atoms with Gasteiger partial charge in [0.15, 0.2) is 9.84 Å². The highest BCUT2D eigenvalue weighted by Gasteiger charge is 2.36. The molecule has 5 heteroatoms. The predicted molar refractivity (Wildman–Crippen MR) is 79.4 cm³/mol. The fraction of sp³-hybridized carbons (Fsp3) is 0.714. The summed E-state index contributed by atoms with van der Waals surface area (Å²) < 4.78 is 23.7. The van der Waals surface area contributed by atoms with Gasteiger partial charge in [-0.2, -0.15) is 0 Å². The molecule has 2 aliphatic carbocycles. The van der Waals surface area contributed by atoms with E-state index in [1.165, 1.54) is 29.5 Å². The third-order valence-electron chi connectivity index (χ3n) is 4.47. The molecular weight excluding hydrogens is 278 g/mol. The van der Waals surface area contributed by atoms with Crippen LogP contribution in [0.1, 0.15) is 48.6 Å². The molecule has 1 saturated carbocycles. The van der Waals surface area contributed by atoms with Crippen molar-refractivity contribution in [2.75, 3.05) is 6.26 Å². The van der Waals surface area contributed by atoms with Crippen LogP contribution in [0.2, 0.25) is 0 Å². The summed E-state index contributed by atoms with van der Waals surface area (Å²) in [5.74, 6) is 0. The van der Waals surface area contributed by atoms with Gasteiger partial charge in [0.1, 0.15) is 0 Å². The van der Waals surface area contributed by atoms with E-state index >= 15 is 0 Å². The van der Waals surface area contributed by atoms with E-state index in [0.29, 0.717) is 6.04 Å². The van der Waals surface area contributed by atoms with Crippen molar-refractivity contribution in [1.82, 2.24) is 5.32 Å². The Balaban J connectivity index is 1.76. The first-order valence-electron chi connectivity index (χ1n) is 7.07. The molecule has 0 saturated heterocycles. The molecule has 0 aromatic carbocycles. The van der Waals surface area contributed by atoms with Crippen LogP contribution in [-0.2, 0) is 16.3 Å². The molecule has 1 N–H and O–H groups in total. The van der Waals surface area contributed by atoms with Gasteiger partial charge >= 0.3 is 0 Å². The second-order valence-corrected chi connectivity index (χ2v) is 9.08. The molecule has 0 amide bonds. The molecule has 0 spiro atoms. The summed E-state index contributed by atoms with van der Waals surface area (Å²) in [5.41, 5.74) is 1.41. The summed E-state index contributed by atoms with van der Waals surface area (Å²) in [6.45, 7) is 0. The first-order valence-corrected chi connectivity index (χ1v) is 9.90. The lowest BCUT2D eigenvalue weighted by Crippen LogP contribution is -2.42. The van der Waals surface area contributed by atoms with Gasteiger partial charge in [-0.1, -0.05) is 6.42 Å². The number of fused-ring (bicyclic) bond motifs is 1. The van der Waals surface area contributed by atoms with Crippen LogP contribution in [0.25, 0.3) is 0 Å². The van der Waals surface area contributed by atoms with Gasteiger partial charge in [-0.15, -0.1) is 11.3 Å². The zero-order valence-electron chi connectivity index (χ0n) is 11.3. The van der Waals surface area contributed by atoms with E-state index in [0.717, 1.165) is 25.7 Å². The maximum atomic E-state index is 11.8. The van der Waals surface area contributed by atoms with Gasteiger partial charge in [0.05, 0.1) is 5.25 Å². The highest BCUT2D eigenvalue weighted by Crippen LogP contribution is 2.35. The maximum Gasteiger partial charge on any atom is 0.151 e. The van der Waals surface area contributed by atoms with Crippen LogP contribution in [0.5, 0.6) is 0 Å². The Kier molecular flexibility index (Phi) is 3.71. The summed E-state index contributed by atoms with van der Waals surface area (Å²) in [7, 11) is -2.93. The van der Waals surface area contributed by atoms with Crippen LogP contribution in [-0.4, -0.2) is 26.0 Å². The molecule has 0 aliphatic heterocycles. The molecule has 1 aromatic heterocycles. The SMILES string of the molecule is CS(=O)(=O)C1CCCC1NC1CCCc2sccc21. The lowest BCUT2D eigenvalue weighted by atomic mass is 9.93. The quantitative estimate of drug-likeness (QED) is 0.933. The van der Waals surface area contributed by atoms with E-state index in [-0.39, 0.29) is 11.3 Å². The summed E-state index contributed by atoms with van der Waals surface area (Å²) in [4.78, 5) is 1.48. The zero-order chi connectivity index (χ0) is 13.5. The van der Waals surface area contributed by atoms with E-state index in [1.807, 2.05) is 11.3 Å². The minimum atomic E-state index is -2.93. The minimum Gasteiger partial charge on any atom is -0.306 e. The fourth-order valence-corrected chi connectivity index (χ4v) is 5.94. The number of rotatable bonds is 3. The van der Waals surface area contributed by atoms with Crippen molar-refractivity contribution in [3.05, 3.63) is 21.9 Å². The van der Waals surface area contributed by atoms with Crippen molar-refractivity contribution in [2.45, 2.75) is 55.9 Å². The molecule has 106 valence electrons. The van der Waals surface area contributed by atoms with Gasteiger partial charge in [0.25, 0.3) is 0 Å². The third-order valence-corrected chi connectivity index (χ3v) is 7.13. The molecule has 0 radical (unpaired) electrons. The third kappa shape index (κ3) is 2.73. The van der Waals surface area contributed by atoms with Crippen LogP contribution in [0, 0.1) is 0 Å². The van der Waals surface area contributed by atoms with Gasteiger partial charge < -0.3 is 5.32 Å². The molecule has 0 bridgehead atoms. The monoisotopic (exact) mass is 299 g/mol. The maximum absolute atomic E-state index is 11.8. The number of thiophene rings is 1. The van der Waals surface area contributed by atoms with Crippen molar-refractivity contribution >= 4 is 21.2 Å². The Bertz CT molecular complexity index is 550. The lowest BCUT2D eigenvalue weighted by Gasteiger charge is -2.29. The summed E-state index contributed by atoms with van der Waals surface area (Å²) in [5, 5.41) is 5.62. The first kappa shape index (κ1) is 13.6.